The maximum absolute atomic E-state index is 13.1. The molecule has 0 bridgehead atoms. The quantitative estimate of drug-likeness (QED) is 0.669. The van der Waals surface area contributed by atoms with Gasteiger partial charge in [0.2, 0.25) is 15.9 Å². The van der Waals surface area contributed by atoms with Crippen LogP contribution < -0.4 is 5.32 Å². The molecule has 7 nitrogen and oxygen atoms in total. The van der Waals surface area contributed by atoms with Gasteiger partial charge in [-0.3, -0.25) is 9.59 Å². The van der Waals surface area contributed by atoms with Crippen molar-refractivity contribution >= 4 is 33.4 Å². The molecule has 1 heterocycles. The second-order valence-electron chi connectivity index (χ2n) is 7.11. The number of hydrogen-bond donors (Lipinski definition) is 1. The van der Waals surface area contributed by atoms with Gasteiger partial charge in [0.1, 0.15) is 0 Å². The van der Waals surface area contributed by atoms with Gasteiger partial charge in [-0.25, -0.2) is 8.42 Å². The van der Waals surface area contributed by atoms with E-state index < -0.39 is 10.0 Å². The molecule has 29 heavy (non-hydrogen) atoms. The summed E-state index contributed by atoms with van der Waals surface area (Å²) in [5, 5.41) is 3.08. The van der Waals surface area contributed by atoms with Gasteiger partial charge in [0.25, 0.3) is 5.91 Å². The van der Waals surface area contributed by atoms with E-state index in [-0.39, 0.29) is 33.2 Å². The van der Waals surface area contributed by atoms with E-state index in [9.17, 15) is 18.0 Å². The second kappa shape index (κ2) is 10.4. The second-order valence-corrected chi connectivity index (χ2v) is 9.46. The average Bonchev–Trinajstić information content (AvgIpc) is 2.72. The molecule has 0 spiro atoms. The Bertz CT molecular complexity index is 840. The third-order valence-corrected chi connectivity index (χ3v) is 7.52. The molecule has 1 unspecified atom stereocenters. The maximum atomic E-state index is 13.1. The lowest BCUT2D eigenvalue weighted by Gasteiger charge is -2.32. The largest absolute Gasteiger partial charge is 0.356 e. The minimum Gasteiger partial charge on any atom is -0.356 e. The zero-order valence-corrected chi connectivity index (χ0v) is 18.9. The molecule has 1 aliphatic rings. The first-order valence-electron chi connectivity index (χ1n) is 10.1. The first-order valence-corrected chi connectivity index (χ1v) is 11.9. The maximum Gasteiger partial charge on any atom is 0.255 e. The number of sulfonamides is 1. The SMILES string of the molecule is CCCNC(=O)C1CCCN(C(=O)c2cc(S(=O)(=O)N(CC)CC)ccc2Cl)C1. The fraction of sp³-hybridized carbons (Fsp3) is 0.600. The van der Waals surface area contributed by atoms with E-state index in [0.29, 0.717) is 39.1 Å². The van der Waals surface area contributed by atoms with Gasteiger partial charge in [0.05, 0.1) is 21.4 Å². The average molecular weight is 444 g/mol. The van der Waals surface area contributed by atoms with Crippen molar-refractivity contribution in [2.75, 3.05) is 32.7 Å². The van der Waals surface area contributed by atoms with Crippen LogP contribution in [-0.4, -0.2) is 62.2 Å². The molecule has 0 saturated carbocycles. The number of nitrogens with zero attached hydrogens (tertiary/aromatic N) is 2. The summed E-state index contributed by atoms with van der Waals surface area (Å²) in [7, 11) is -3.70. The van der Waals surface area contributed by atoms with Crippen LogP contribution in [0.25, 0.3) is 0 Å². The number of benzene rings is 1. The highest BCUT2D eigenvalue weighted by Crippen LogP contribution is 2.26. The van der Waals surface area contributed by atoms with E-state index in [4.69, 9.17) is 11.6 Å². The van der Waals surface area contributed by atoms with Gasteiger partial charge in [-0.1, -0.05) is 32.4 Å². The van der Waals surface area contributed by atoms with Crippen molar-refractivity contribution in [1.82, 2.24) is 14.5 Å². The zero-order chi connectivity index (χ0) is 21.6. The number of carbonyl (C=O) groups excluding carboxylic acids is 2. The van der Waals surface area contributed by atoms with Crippen molar-refractivity contribution in [2.24, 2.45) is 5.92 Å². The number of likely N-dealkylation sites (tertiary alicyclic amines) is 1. The Morgan fingerprint density at radius 2 is 1.93 bits per heavy atom. The molecular weight excluding hydrogens is 414 g/mol. The number of halogens is 1. The van der Waals surface area contributed by atoms with E-state index in [1.807, 2.05) is 6.92 Å². The lowest BCUT2D eigenvalue weighted by molar-refractivity contribution is -0.126. The van der Waals surface area contributed by atoms with E-state index in [1.54, 1.807) is 18.7 Å². The molecule has 2 rings (SSSR count). The summed E-state index contributed by atoms with van der Waals surface area (Å²) in [6.07, 6.45) is 2.29. The molecule has 1 saturated heterocycles. The normalized spacial score (nSPS) is 17.4. The lowest BCUT2D eigenvalue weighted by atomic mass is 9.96. The molecule has 1 fully saturated rings. The summed E-state index contributed by atoms with van der Waals surface area (Å²) in [6.45, 7) is 7.62. The van der Waals surface area contributed by atoms with Crippen LogP contribution >= 0.6 is 11.6 Å². The highest BCUT2D eigenvalue weighted by atomic mass is 35.5. The Morgan fingerprint density at radius 1 is 1.24 bits per heavy atom. The molecule has 9 heteroatoms. The Balaban J connectivity index is 2.25. The number of piperidine rings is 1. The van der Waals surface area contributed by atoms with Crippen molar-refractivity contribution in [2.45, 2.75) is 44.9 Å². The fourth-order valence-electron chi connectivity index (χ4n) is 3.48. The van der Waals surface area contributed by atoms with Gasteiger partial charge in [0.15, 0.2) is 0 Å². The van der Waals surface area contributed by atoms with E-state index in [1.165, 1.54) is 22.5 Å². The van der Waals surface area contributed by atoms with Crippen molar-refractivity contribution in [3.8, 4) is 0 Å². The molecular formula is C20H30ClN3O4S. The number of nitrogens with one attached hydrogen (secondary N) is 1. The van der Waals surface area contributed by atoms with Crippen LogP contribution in [0.1, 0.15) is 50.4 Å². The van der Waals surface area contributed by atoms with E-state index in [0.717, 1.165) is 12.8 Å². The van der Waals surface area contributed by atoms with Gasteiger partial charge in [0, 0.05) is 32.7 Å². The van der Waals surface area contributed by atoms with Crippen LogP contribution in [0.15, 0.2) is 23.1 Å². The number of hydrogen-bond acceptors (Lipinski definition) is 4. The van der Waals surface area contributed by atoms with Crippen molar-refractivity contribution in [3.05, 3.63) is 28.8 Å². The minimum absolute atomic E-state index is 0.0446. The Hall–Kier alpha value is -1.64. The van der Waals surface area contributed by atoms with Crippen LogP contribution in [0.2, 0.25) is 5.02 Å². The molecule has 1 N–H and O–H groups in total. The van der Waals surface area contributed by atoms with Gasteiger partial charge in [-0.2, -0.15) is 4.31 Å². The lowest BCUT2D eigenvalue weighted by Crippen LogP contribution is -2.45. The third kappa shape index (κ3) is 5.49. The van der Waals surface area contributed by atoms with E-state index in [2.05, 4.69) is 5.32 Å². The van der Waals surface area contributed by atoms with Crippen molar-refractivity contribution in [1.29, 1.82) is 0 Å². The van der Waals surface area contributed by atoms with Crippen molar-refractivity contribution < 1.29 is 18.0 Å². The minimum atomic E-state index is -3.70. The van der Waals surface area contributed by atoms with Crippen LogP contribution in [0, 0.1) is 5.92 Å². The first kappa shape index (κ1) is 23.6. The topological polar surface area (TPSA) is 86.8 Å². The molecule has 1 aromatic rings. The summed E-state index contributed by atoms with van der Waals surface area (Å²) >= 11 is 6.24. The van der Waals surface area contributed by atoms with Crippen LogP contribution in [-0.2, 0) is 14.8 Å². The number of carbonyl (C=O) groups is 2. The molecule has 0 radical (unpaired) electrons. The highest BCUT2D eigenvalue weighted by molar-refractivity contribution is 7.89. The first-order chi connectivity index (χ1) is 13.8. The summed E-state index contributed by atoms with van der Waals surface area (Å²) < 4.78 is 26.9. The van der Waals surface area contributed by atoms with Crippen molar-refractivity contribution in [3.63, 3.8) is 0 Å². The van der Waals surface area contributed by atoms with Crippen LogP contribution in [0.3, 0.4) is 0 Å². The van der Waals surface area contributed by atoms with Gasteiger partial charge >= 0.3 is 0 Å². The summed E-state index contributed by atoms with van der Waals surface area (Å²) in [5.74, 6) is -0.659. The fourth-order valence-corrected chi connectivity index (χ4v) is 5.16. The van der Waals surface area contributed by atoms with Gasteiger partial charge < -0.3 is 10.2 Å². The smallest absolute Gasteiger partial charge is 0.255 e. The van der Waals surface area contributed by atoms with E-state index >= 15 is 0 Å². The molecule has 1 atom stereocenters. The number of rotatable bonds is 8. The third-order valence-electron chi connectivity index (χ3n) is 5.14. The predicted octanol–water partition coefficient (Wildman–Crippen LogP) is 2.75. The predicted molar refractivity (Wildman–Crippen MR) is 113 cm³/mol. The van der Waals surface area contributed by atoms with Crippen LogP contribution in [0.4, 0.5) is 0 Å². The Kier molecular flexibility index (Phi) is 8.48. The monoisotopic (exact) mass is 443 g/mol. The molecule has 162 valence electrons. The van der Waals surface area contributed by atoms with Crippen LogP contribution in [0.5, 0.6) is 0 Å². The molecule has 2 amide bonds. The standard InChI is InChI=1S/C20H30ClN3O4S/c1-4-11-22-19(25)15-8-7-12-23(14-15)20(26)17-13-16(9-10-18(17)21)29(27,28)24(5-2)6-3/h9-10,13,15H,4-8,11-12,14H2,1-3H3,(H,22,25). The number of amides is 2. The Morgan fingerprint density at radius 3 is 2.55 bits per heavy atom. The molecule has 1 aliphatic heterocycles. The van der Waals surface area contributed by atoms with Gasteiger partial charge in [-0.05, 0) is 37.5 Å². The molecule has 1 aromatic carbocycles. The zero-order valence-electron chi connectivity index (χ0n) is 17.3. The Labute approximate surface area is 178 Å². The summed E-state index contributed by atoms with van der Waals surface area (Å²) in [4.78, 5) is 27.0. The van der Waals surface area contributed by atoms with Gasteiger partial charge in [-0.15, -0.1) is 0 Å². The summed E-state index contributed by atoms with van der Waals surface area (Å²) in [6, 6.07) is 4.21. The summed E-state index contributed by atoms with van der Waals surface area (Å²) in [5.41, 5.74) is 0.148. The molecule has 0 aromatic heterocycles. The highest BCUT2D eigenvalue weighted by Gasteiger charge is 2.31. The molecule has 0 aliphatic carbocycles.